The average Bonchev–Trinajstić information content (AvgIpc) is 2.16. The van der Waals surface area contributed by atoms with Gasteiger partial charge in [0.15, 0.2) is 0 Å². The molecule has 1 rings (SSSR count). The molecule has 0 bridgehead atoms. The Morgan fingerprint density at radius 2 is 1.71 bits per heavy atom. The monoisotopic (exact) mass is 318 g/mol. The van der Waals surface area contributed by atoms with Crippen LogP contribution >= 0.6 is 31.9 Å². The minimum absolute atomic E-state index is 0.671. The summed E-state index contributed by atoms with van der Waals surface area (Å²) < 4.78 is 2.46. The quantitative estimate of drug-likeness (QED) is 0.687. The van der Waals surface area contributed by atoms with E-state index in [1.165, 1.54) is 33.8 Å². The molecule has 0 amide bonds. The molecule has 1 atom stereocenters. The summed E-state index contributed by atoms with van der Waals surface area (Å²) in [5.74, 6) is 0.671. The maximum Gasteiger partial charge on any atom is 0.0221 e. The summed E-state index contributed by atoms with van der Waals surface area (Å²) in [4.78, 5) is 0. The molecule has 0 nitrogen and oxygen atoms in total. The van der Waals surface area contributed by atoms with E-state index in [0.717, 1.165) is 0 Å². The fraction of sp³-hybridized carbons (Fsp3) is 0.500. The third-order valence-electron chi connectivity index (χ3n) is 2.54. The Morgan fingerprint density at radius 1 is 1.14 bits per heavy atom. The fourth-order valence-corrected chi connectivity index (χ4v) is 3.45. The van der Waals surface area contributed by atoms with E-state index in [1.807, 2.05) is 0 Å². The van der Waals surface area contributed by atoms with Gasteiger partial charge in [0.2, 0.25) is 0 Å². The summed E-state index contributed by atoms with van der Waals surface area (Å²) in [6.07, 6.45) is 3.71. The molecule has 0 fully saturated rings. The van der Waals surface area contributed by atoms with E-state index in [9.17, 15) is 0 Å². The van der Waals surface area contributed by atoms with Crippen LogP contribution in [0.15, 0.2) is 27.1 Å². The molecule has 0 heterocycles. The van der Waals surface area contributed by atoms with Crippen LogP contribution in [0.25, 0.3) is 0 Å². The van der Waals surface area contributed by atoms with Crippen molar-refractivity contribution < 1.29 is 0 Å². The molecule has 0 radical (unpaired) electrons. The normalized spacial score (nSPS) is 12.9. The van der Waals surface area contributed by atoms with Gasteiger partial charge in [-0.2, -0.15) is 0 Å². The lowest BCUT2D eigenvalue weighted by molar-refractivity contribution is 0.592. The van der Waals surface area contributed by atoms with Crippen LogP contribution in [0, 0.1) is 0 Å². The molecular formula is C12H16Br2. The van der Waals surface area contributed by atoms with E-state index >= 15 is 0 Å². The number of hydrogen-bond donors (Lipinski definition) is 0. The molecule has 0 saturated carbocycles. The minimum atomic E-state index is 0.671. The van der Waals surface area contributed by atoms with Gasteiger partial charge in [-0.3, -0.25) is 0 Å². The van der Waals surface area contributed by atoms with Crippen molar-refractivity contribution in [3.63, 3.8) is 0 Å². The molecule has 1 unspecified atom stereocenters. The van der Waals surface area contributed by atoms with Gasteiger partial charge in [0.05, 0.1) is 0 Å². The second kappa shape index (κ2) is 5.92. The van der Waals surface area contributed by atoms with Gasteiger partial charge in [0, 0.05) is 8.95 Å². The Morgan fingerprint density at radius 3 is 2.14 bits per heavy atom. The van der Waals surface area contributed by atoms with E-state index in [-0.39, 0.29) is 0 Å². The molecule has 0 aromatic heterocycles. The number of benzene rings is 1. The standard InChI is InChI=1S/C12H16Br2/c1-3-6-9(4-2)12-10(13)7-5-8-11(12)14/h5,7-9H,3-4,6H2,1-2H3. The molecule has 0 N–H and O–H groups in total. The second-order valence-electron chi connectivity index (χ2n) is 3.53. The zero-order chi connectivity index (χ0) is 10.6. The number of rotatable bonds is 4. The van der Waals surface area contributed by atoms with Gasteiger partial charge in [-0.1, -0.05) is 58.2 Å². The highest BCUT2D eigenvalue weighted by atomic mass is 79.9. The van der Waals surface area contributed by atoms with Crippen molar-refractivity contribution in [2.45, 2.75) is 39.0 Å². The van der Waals surface area contributed by atoms with Gasteiger partial charge >= 0.3 is 0 Å². The van der Waals surface area contributed by atoms with Crippen molar-refractivity contribution in [1.82, 2.24) is 0 Å². The summed E-state index contributed by atoms with van der Waals surface area (Å²) in [7, 11) is 0. The largest absolute Gasteiger partial charge is 0.0654 e. The molecule has 78 valence electrons. The first-order chi connectivity index (χ1) is 6.70. The van der Waals surface area contributed by atoms with Crippen LogP contribution in [0.5, 0.6) is 0 Å². The lowest BCUT2D eigenvalue weighted by atomic mass is 9.92. The predicted octanol–water partition coefficient (Wildman–Crippen LogP) is 5.51. The molecule has 1 aromatic carbocycles. The Labute approximate surface area is 103 Å². The number of halogens is 2. The van der Waals surface area contributed by atoms with Crippen LogP contribution in [0.1, 0.15) is 44.6 Å². The summed E-state index contributed by atoms with van der Waals surface area (Å²) in [5, 5.41) is 0. The highest BCUT2D eigenvalue weighted by Crippen LogP contribution is 2.36. The zero-order valence-electron chi connectivity index (χ0n) is 8.69. The summed E-state index contributed by atoms with van der Waals surface area (Å²) in [6.45, 7) is 4.50. The van der Waals surface area contributed by atoms with Gasteiger partial charge in [-0.25, -0.2) is 0 Å². The molecule has 0 aliphatic heterocycles. The topological polar surface area (TPSA) is 0 Å². The Bertz CT molecular complexity index is 274. The molecule has 1 aromatic rings. The van der Waals surface area contributed by atoms with Crippen LogP contribution in [0.2, 0.25) is 0 Å². The molecule has 2 heteroatoms. The van der Waals surface area contributed by atoms with Crippen molar-refractivity contribution in [2.24, 2.45) is 0 Å². The van der Waals surface area contributed by atoms with E-state index in [2.05, 4.69) is 63.9 Å². The van der Waals surface area contributed by atoms with Gasteiger partial charge in [0.1, 0.15) is 0 Å². The van der Waals surface area contributed by atoms with Crippen molar-refractivity contribution >= 4 is 31.9 Å². The Hall–Kier alpha value is 0.180. The van der Waals surface area contributed by atoms with Crippen LogP contribution in [0.3, 0.4) is 0 Å². The van der Waals surface area contributed by atoms with Crippen molar-refractivity contribution in [3.8, 4) is 0 Å². The van der Waals surface area contributed by atoms with Crippen LogP contribution in [0.4, 0.5) is 0 Å². The maximum absolute atomic E-state index is 3.63. The second-order valence-corrected chi connectivity index (χ2v) is 5.24. The van der Waals surface area contributed by atoms with Crippen LogP contribution in [-0.2, 0) is 0 Å². The van der Waals surface area contributed by atoms with Crippen molar-refractivity contribution in [2.75, 3.05) is 0 Å². The van der Waals surface area contributed by atoms with Crippen molar-refractivity contribution in [3.05, 3.63) is 32.7 Å². The summed E-state index contributed by atoms with van der Waals surface area (Å²) in [5.41, 5.74) is 1.43. The molecule has 0 aliphatic rings. The first-order valence-corrected chi connectivity index (χ1v) is 6.73. The lowest BCUT2D eigenvalue weighted by Crippen LogP contribution is -1.99. The van der Waals surface area contributed by atoms with Gasteiger partial charge in [0.25, 0.3) is 0 Å². The van der Waals surface area contributed by atoms with Crippen LogP contribution in [-0.4, -0.2) is 0 Å². The molecule has 0 saturated heterocycles. The Balaban J connectivity index is 3.02. The minimum Gasteiger partial charge on any atom is -0.0654 e. The van der Waals surface area contributed by atoms with Gasteiger partial charge < -0.3 is 0 Å². The smallest absolute Gasteiger partial charge is 0.0221 e. The van der Waals surface area contributed by atoms with E-state index < -0.39 is 0 Å². The summed E-state index contributed by atoms with van der Waals surface area (Å²) >= 11 is 7.26. The predicted molar refractivity (Wildman–Crippen MR) is 69.8 cm³/mol. The Kier molecular flexibility index (Phi) is 5.18. The summed E-state index contributed by atoms with van der Waals surface area (Å²) in [6, 6.07) is 6.31. The number of hydrogen-bond acceptors (Lipinski definition) is 0. The van der Waals surface area contributed by atoms with Crippen molar-refractivity contribution in [1.29, 1.82) is 0 Å². The third kappa shape index (κ3) is 2.83. The molecule has 0 aliphatic carbocycles. The first-order valence-electron chi connectivity index (χ1n) is 5.14. The SMILES string of the molecule is CCCC(CC)c1c(Br)cccc1Br. The van der Waals surface area contributed by atoms with Crippen LogP contribution < -0.4 is 0 Å². The highest BCUT2D eigenvalue weighted by Gasteiger charge is 2.14. The average molecular weight is 320 g/mol. The third-order valence-corrected chi connectivity index (χ3v) is 3.92. The molecular weight excluding hydrogens is 304 g/mol. The fourth-order valence-electron chi connectivity index (χ4n) is 1.80. The highest BCUT2D eigenvalue weighted by molar-refractivity contribution is 9.11. The van der Waals surface area contributed by atoms with E-state index in [0.29, 0.717) is 5.92 Å². The molecule has 0 spiro atoms. The first kappa shape index (κ1) is 12.3. The van der Waals surface area contributed by atoms with E-state index in [1.54, 1.807) is 0 Å². The van der Waals surface area contributed by atoms with Gasteiger partial charge in [-0.15, -0.1) is 0 Å². The zero-order valence-corrected chi connectivity index (χ0v) is 11.9. The van der Waals surface area contributed by atoms with Gasteiger partial charge in [-0.05, 0) is 36.5 Å². The van der Waals surface area contributed by atoms with E-state index in [4.69, 9.17) is 0 Å². The maximum atomic E-state index is 3.63. The lowest BCUT2D eigenvalue weighted by Gasteiger charge is -2.17. The molecule has 14 heavy (non-hydrogen) atoms.